The van der Waals surface area contributed by atoms with E-state index in [0.29, 0.717) is 30.7 Å². The van der Waals surface area contributed by atoms with Crippen LogP contribution in [0.15, 0.2) is 54.6 Å². The highest BCUT2D eigenvalue weighted by atomic mass is 32.2. The van der Waals surface area contributed by atoms with Crippen molar-refractivity contribution in [1.29, 1.82) is 0 Å². The lowest BCUT2D eigenvalue weighted by molar-refractivity contribution is 0.0929. The van der Waals surface area contributed by atoms with Gasteiger partial charge in [0, 0.05) is 25.0 Å². The number of carbonyl (C=O) groups excluding carboxylic acids is 1. The van der Waals surface area contributed by atoms with Crippen molar-refractivity contribution < 1.29 is 23.2 Å². The molecule has 0 aromatic heterocycles. The van der Waals surface area contributed by atoms with E-state index in [0.717, 1.165) is 5.56 Å². The summed E-state index contributed by atoms with van der Waals surface area (Å²) in [6, 6.07) is 16.8. The van der Waals surface area contributed by atoms with Crippen molar-refractivity contribution in [3.05, 3.63) is 65.7 Å². The summed E-state index contributed by atoms with van der Waals surface area (Å²) < 4.78 is 30.3. The molecule has 0 aliphatic carbocycles. The van der Waals surface area contributed by atoms with Crippen molar-refractivity contribution in [1.82, 2.24) is 14.5 Å². The van der Waals surface area contributed by atoms with Crippen LogP contribution in [0.5, 0.6) is 5.75 Å². The highest BCUT2D eigenvalue weighted by molar-refractivity contribution is 7.86. The van der Waals surface area contributed by atoms with E-state index in [4.69, 9.17) is 9.94 Å². The number of para-hydroxylation sites is 1. The zero-order chi connectivity index (χ0) is 20.9. The van der Waals surface area contributed by atoms with Gasteiger partial charge in [0.15, 0.2) is 0 Å². The average molecular weight is 420 g/mol. The molecule has 8 nitrogen and oxygen atoms in total. The Balaban J connectivity index is 1.80. The number of benzene rings is 2. The molecule has 0 bridgehead atoms. The number of hydrogen-bond acceptors (Lipinski definition) is 5. The van der Waals surface area contributed by atoms with E-state index >= 15 is 0 Å². The van der Waals surface area contributed by atoms with E-state index in [1.54, 1.807) is 24.3 Å². The van der Waals surface area contributed by atoms with E-state index in [-0.39, 0.29) is 19.0 Å². The largest absolute Gasteiger partial charge is 0.496 e. The Labute approximate surface area is 170 Å². The summed E-state index contributed by atoms with van der Waals surface area (Å²) in [5.74, 6) is 0.249. The molecule has 3 rings (SSSR count). The molecule has 1 saturated heterocycles. The molecule has 156 valence electrons. The molecule has 29 heavy (non-hydrogen) atoms. The summed E-state index contributed by atoms with van der Waals surface area (Å²) in [5, 5.41) is 11.9. The van der Waals surface area contributed by atoms with Crippen LogP contribution in [-0.2, 0) is 15.6 Å². The Hall–Kier alpha value is -2.46. The molecule has 0 spiro atoms. The van der Waals surface area contributed by atoms with E-state index in [1.807, 2.05) is 30.3 Å². The van der Waals surface area contributed by atoms with Gasteiger partial charge >= 0.3 is 10.2 Å². The van der Waals surface area contributed by atoms with Gasteiger partial charge in [0.05, 0.1) is 12.7 Å². The summed E-state index contributed by atoms with van der Waals surface area (Å²) >= 11 is 0. The van der Waals surface area contributed by atoms with Crippen molar-refractivity contribution in [2.75, 3.05) is 26.7 Å². The van der Waals surface area contributed by atoms with Crippen LogP contribution in [0, 0.1) is 0 Å². The molecule has 0 atom stereocenters. The minimum Gasteiger partial charge on any atom is -0.496 e. The molecule has 2 aromatic carbocycles. The number of nitrogens with zero attached hydrogens (tertiary/aromatic N) is 1. The predicted molar refractivity (Wildman–Crippen MR) is 108 cm³/mol. The van der Waals surface area contributed by atoms with Crippen molar-refractivity contribution in [2.45, 2.75) is 18.3 Å². The maximum Gasteiger partial charge on any atom is 0.301 e. The van der Waals surface area contributed by atoms with E-state index in [9.17, 15) is 13.2 Å². The van der Waals surface area contributed by atoms with Gasteiger partial charge in [-0.2, -0.15) is 12.7 Å². The summed E-state index contributed by atoms with van der Waals surface area (Å²) in [6.07, 6.45) is 1.01. The van der Waals surface area contributed by atoms with Gasteiger partial charge in [0.25, 0.3) is 5.91 Å². The zero-order valence-electron chi connectivity index (χ0n) is 16.2. The molecule has 0 unspecified atom stereocenters. The molecule has 0 radical (unpaired) electrons. The van der Waals surface area contributed by atoms with Gasteiger partial charge in [-0.15, -0.1) is 0 Å². The first-order valence-electron chi connectivity index (χ1n) is 9.29. The molecule has 1 fully saturated rings. The first-order valence-corrected chi connectivity index (χ1v) is 10.7. The SMILES string of the molecule is COc1ccccc1C(=O)NCC1(c2ccccc2)CCN(S(=O)(=O)NO)CC1. The summed E-state index contributed by atoms with van der Waals surface area (Å²) in [6.45, 7) is 0.818. The van der Waals surface area contributed by atoms with Crippen LogP contribution in [0.3, 0.4) is 0 Å². The quantitative estimate of drug-likeness (QED) is 0.592. The van der Waals surface area contributed by atoms with Crippen LogP contribution >= 0.6 is 0 Å². The van der Waals surface area contributed by atoms with Gasteiger partial charge in [0.2, 0.25) is 0 Å². The minimum absolute atomic E-state index is 0.231. The number of ether oxygens (including phenoxy) is 1. The summed E-state index contributed by atoms with van der Waals surface area (Å²) in [7, 11) is -2.39. The first-order chi connectivity index (χ1) is 13.9. The van der Waals surface area contributed by atoms with Gasteiger partial charge in [-0.25, -0.2) is 0 Å². The van der Waals surface area contributed by atoms with Crippen LogP contribution in [-0.4, -0.2) is 50.6 Å². The smallest absolute Gasteiger partial charge is 0.301 e. The van der Waals surface area contributed by atoms with Crippen LogP contribution in [0.4, 0.5) is 0 Å². The number of rotatable bonds is 7. The summed E-state index contributed by atoms with van der Waals surface area (Å²) in [4.78, 5) is 14.1. The Morgan fingerprint density at radius 2 is 1.72 bits per heavy atom. The van der Waals surface area contributed by atoms with E-state index in [2.05, 4.69) is 5.32 Å². The molecular weight excluding hydrogens is 394 g/mol. The van der Waals surface area contributed by atoms with Gasteiger partial charge in [-0.05, 0) is 30.5 Å². The fourth-order valence-corrected chi connectivity index (χ4v) is 4.53. The lowest BCUT2D eigenvalue weighted by Gasteiger charge is -2.41. The Morgan fingerprint density at radius 1 is 1.10 bits per heavy atom. The molecule has 1 amide bonds. The van der Waals surface area contributed by atoms with Crippen LogP contribution < -0.4 is 14.9 Å². The van der Waals surface area contributed by atoms with Crippen molar-refractivity contribution in [2.24, 2.45) is 0 Å². The molecule has 1 heterocycles. The molecule has 9 heteroatoms. The standard InChI is InChI=1S/C20H25N3O5S/c1-28-18-10-6-5-9-17(18)19(24)21-15-20(16-7-3-2-4-8-16)11-13-23(14-12-20)29(26,27)22-25/h2-10,22,25H,11-15H2,1H3,(H,21,24). The second-order valence-electron chi connectivity index (χ2n) is 7.02. The first kappa shape index (κ1) is 21.3. The number of nitrogens with one attached hydrogen (secondary N) is 2. The number of piperidine rings is 1. The third kappa shape index (κ3) is 4.59. The number of carbonyl (C=O) groups is 1. The predicted octanol–water partition coefficient (Wildman–Crippen LogP) is 1.68. The fraction of sp³-hybridized carbons (Fsp3) is 0.350. The maximum absolute atomic E-state index is 12.8. The molecular formula is C20H25N3O5S. The van der Waals surface area contributed by atoms with Crippen molar-refractivity contribution >= 4 is 16.1 Å². The Kier molecular flexibility index (Phi) is 6.53. The normalized spacial score (nSPS) is 16.9. The highest BCUT2D eigenvalue weighted by Crippen LogP contribution is 2.36. The van der Waals surface area contributed by atoms with Crippen LogP contribution in [0.25, 0.3) is 0 Å². The lowest BCUT2D eigenvalue weighted by Crippen LogP contribution is -2.52. The second kappa shape index (κ2) is 8.91. The molecule has 2 aromatic rings. The monoisotopic (exact) mass is 419 g/mol. The molecule has 1 aliphatic rings. The van der Waals surface area contributed by atoms with Gasteiger partial charge in [0.1, 0.15) is 5.75 Å². The third-order valence-corrected chi connectivity index (χ3v) is 6.74. The second-order valence-corrected chi connectivity index (χ2v) is 8.67. The van der Waals surface area contributed by atoms with Crippen LogP contribution in [0.1, 0.15) is 28.8 Å². The molecule has 1 aliphatic heterocycles. The number of methoxy groups -OCH3 is 1. The zero-order valence-corrected chi connectivity index (χ0v) is 17.0. The number of amides is 1. The van der Waals surface area contributed by atoms with Crippen molar-refractivity contribution in [3.8, 4) is 5.75 Å². The van der Waals surface area contributed by atoms with E-state index < -0.39 is 15.6 Å². The van der Waals surface area contributed by atoms with Gasteiger partial charge in [-0.1, -0.05) is 47.3 Å². The Bertz CT molecular complexity index is 942. The highest BCUT2D eigenvalue weighted by Gasteiger charge is 2.39. The van der Waals surface area contributed by atoms with Gasteiger partial charge < -0.3 is 15.3 Å². The van der Waals surface area contributed by atoms with Gasteiger partial charge in [-0.3, -0.25) is 4.79 Å². The minimum atomic E-state index is -3.90. The fourth-order valence-electron chi connectivity index (χ4n) is 3.75. The van der Waals surface area contributed by atoms with Crippen LogP contribution in [0.2, 0.25) is 0 Å². The van der Waals surface area contributed by atoms with E-state index in [1.165, 1.54) is 16.3 Å². The Morgan fingerprint density at radius 3 is 2.34 bits per heavy atom. The third-order valence-electron chi connectivity index (χ3n) is 5.46. The topological polar surface area (TPSA) is 108 Å². The van der Waals surface area contributed by atoms with Crippen molar-refractivity contribution in [3.63, 3.8) is 0 Å². The molecule has 3 N–H and O–H groups in total. The average Bonchev–Trinajstić information content (AvgIpc) is 2.78. The maximum atomic E-state index is 12.8. The molecule has 0 saturated carbocycles. The number of hydrogen-bond donors (Lipinski definition) is 3. The summed E-state index contributed by atoms with van der Waals surface area (Å²) in [5.41, 5.74) is 1.07. The lowest BCUT2D eigenvalue weighted by atomic mass is 9.73.